The number of hydrogen-bond acceptors (Lipinski definition) is 6. The Hall–Kier alpha value is -2.58. The van der Waals surface area contributed by atoms with E-state index in [1.165, 1.54) is 25.3 Å². The maximum absolute atomic E-state index is 14.5. The minimum atomic E-state index is -0.352. The lowest BCUT2D eigenvalue weighted by molar-refractivity contribution is 0.219. The maximum atomic E-state index is 14.5. The van der Waals surface area contributed by atoms with Crippen molar-refractivity contribution in [2.45, 2.75) is 64.1 Å². The highest BCUT2D eigenvalue weighted by Gasteiger charge is 2.34. The number of nitrogens with zero attached hydrogens (tertiary/aromatic N) is 5. The van der Waals surface area contributed by atoms with Gasteiger partial charge in [-0.15, -0.1) is 0 Å². The van der Waals surface area contributed by atoms with E-state index in [0.717, 1.165) is 45.6 Å². The second-order valence-corrected chi connectivity index (χ2v) is 9.96. The first-order valence-electron chi connectivity index (χ1n) is 11.2. The summed E-state index contributed by atoms with van der Waals surface area (Å²) in [5, 5.41) is 5.52. The second-order valence-electron chi connectivity index (χ2n) is 9.01. The zero-order chi connectivity index (χ0) is 22.4. The van der Waals surface area contributed by atoms with Crippen molar-refractivity contribution < 1.29 is 4.39 Å². The van der Waals surface area contributed by atoms with Crippen LogP contribution in [0, 0.1) is 12.7 Å². The monoisotopic (exact) mass is 452 g/mol. The predicted octanol–water partition coefficient (Wildman–Crippen LogP) is 5.13. The number of rotatable bonds is 5. The van der Waals surface area contributed by atoms with E-state index in [-0.39, 0.29) is 5.82 Å². The van der Waals surface area contributed by atoms with E-state index >= 15 is 0 Å². The van der Waals surface area contributed by atoms with E-state index in [0.29, 0.717) is 23.8 Å². The molecule has 2 atom stereocenters. The Labute approximate surface area is 191 Å². The molecule has 0 aliphatic carbocycles. The summed E-state index contributed by atoms with van der Waals surface area (Å²) in [5.74, 6) is -0.352. The van der Waals surface area contributed by atoms with Crippen molar-refractivity contribution in [1.82, 2.24) is 19.7 Å². The van der Waals surface area contributed by atoms with Gasteiger partial charge >= 0.3 is 0 Å². The largest absolute Gasteiger partial charge is 0.348 e. The van der Waals surface area contributed by atoms with Gasteiger partial charge in [0.2, 0.25) is 0 Å². The summed E-state index contributed by atoms with van der Waals surface area (Å²) in [6, 6.07) is 3.21. The molecule has 0 spiro atoms. The van der Waals surface area contributed by atoms with E-state index in [1.54, 1.807) is 21.8 Å². The Kier molecular flexibility index (Phi) is 5.59. The standard InChI is InChI=1S/C24H29FN6S/c1-5-21-23(27-15(3)16-9-20(25)22-26-14(2)12-31(22)13-16)32-24(29-21)30(4)19-10-17-7-6-8-18(11-19)28-17/h5,9,12-13,17-19,28H,1,6-8,10-11H2,2-4H3/b27-15+. The highest BCUT2D eigenvalue weighted by Crippen LogP contribution is 2.37. The molecule has 168 valence electrons. The quantitative estimate of drug-likeness (QED) is 0.545. The summed E-state index contributed by atoms with van der Waals surface area (Å²) in [7, 11) is 2.14. The number of anilines is 1. The smallest absolute Gasteiger partial charge is 0.187 e. The van der Waals surface area contributed by atoms with Gasteiger partial charge in [0, 0.05) is 48.8 Å². The molecule has 5 heterocycles. The lowest BCUT2D eigenvalue weighted by Gasteiger charge is -2.43. The molecule has 2 aliphatic rings. The van der Waals surface area contributed by atoms with Gasteiger partial charge in [-0.05, 0) is 51.7 Å². The Morgan fingerprint density at radius 2 is 2.06 bits per heavy atom. The first-order chi connectivity index (χ1) is 15.4. The highest BCUT2D eigenvalue weighted by atomic mass is 32.1. The Morgan fingerprint density at radius 3 is 2.78 bits per heavy atom. The Bertz CT molecular complexity index is 1180. The molecule has 0 radical (unpaired) electrons. The molecule has 2 saturated heterocycles. The number of thiazole rings is 1. The number of nitrogens with one attached hydrogen (secondary N) is 1. The Morgan fingerprint density at radius 1 is 1.31 bits per heavy atom. The van der Waals surface area contributed by atoms with E-state index in [9.17, 15) is 4.39 Å². The number of aromatic nitrogens is 3. The molecule has 0 amide bonds. The highest BCUT2D eigenvalue weighted by molar-refractivity contribution is 7.19. The normalized spacial score (nSPS) is 23.5. The molecule has 0 saturated carbocycles. The van der Waals surface area contributed by atoms with Crippen LogP contribution in [-0.4, -0.2) is 45.3 Å². The molecule has 3 aromatic heterocycles. The third-order valence-corrected chi connectivity index (χ3v) is 7.73. The molecule has 8 heteroatoms. The minimum absolute atomic E-state index is 0.333. The summed E-state index contributed by atoms with van der Waals surface area (Å²) < 4.78 is 16.3. The van der Waals surface area contributed by atoms with Gasteiger partial charge in [0.25, 0.3) is 0 Å². The average molecular weight is 453 g/mol. The zero-order valence-electron chi connectivity index (χ0n) is 18.8. The molecule has 0 aromatic carbocycles. The lowest BCUT2D eigenvalue weighted by atomic mass is 9.83. The number of halogens is 1. The van der Waals surface area contributed by atoms with Crippen LogP contribution in [-0.2, 0) is 0 Å². The fourth-order valence-corrected chi connectivity index (χ4v) is 6.00. The van der Waals surface area contributed by atoms with Gasteiger partial charge in [0.15, 0.2) is 16.6 Å². The van der Waals surface area contributed by atoms with Crippen LogP contribution in [0.15, 0.2) is 30.0 Å². The molecule has 32 heavy (non-hydrogen) atoms. The molecular formula is C24H29FN6S. The van der Waals surface area contributed by atoms with Crippen molar-refractivity contribution in [2.24, 2.45) is 4.99 Å². The van der Waals surface area contributed by atoms with E-state index in [4.69, 9.17) is 9.98 Å². The summed E-state index contributed by atoms with van der Waals surface area (Å²) >= 11 is 1.57. The van der Waals surface area contributed by atoms with E-state index in [1.807, 2.05) is 26.2 Å². The first kappa shape index (κ1) is 21.3. The summed E-state index contributed by atoms with van der Waals surface area (Å²) in [4.78, 5) is 16.2. The van der Waals surface area contributed by atoms with Gasteiger partial charge in [-0.25, -0.2) is 19.4 Å². The number of fused-ring (bicyclic) bond motifs is 3. The molecule has 1 N–H and O–H groups in total. The molecule has 2 fully saturated rings. The second kappa shape index (κ2) is 8.41. The topological polar surface area (TPSA) is 57.8 Å². The number of hydrogen-bond donors (Lipinski definition) is 1. The maximum Gasteiger partial charge on any atom is 0.187 e. The van der Waals surface area contributed by atoms with Crippen LogP contribution < -0.4 is 10.2 Å². The minimum Gasteiger partial charge on any atom is -0.348 e. The van der Waals surface area contributed by atoms with Crippen molar-refractivity contribution in [3.63, 3.8) is 0 Å². The fourth-order valence-electron chi connectivity index (χ4n) is 4.98. The van der Waals surface area contributed by atoms with Crippen molar-refractivity contribution in [1.29, 1.82) is 0 Å². The van der Waals surface area contributed by atoms with Crippen LogP contribution in [0.4, 0.5) is 14.5 Å². The number of piperidine rings is 2. The summed E-state index contributed by atoms with van der Waals surface area (Å²) in [5.41, 5.74) is 3.33. The molecule has 2 unspecified atom stereocenters. The van der Waals surface area contributed by atoms with E-state index < -0.39 is 0 Å². The van der Waals surface area contributed by atoms with Gasteiger partial charge in [0.05, 0.1) is 5.69 Å². The number of pyridine rings is 1. The number of imidazole rings is 1. The number of aliphatic imine (C=N–C) groups is 1. The predicted molar refractivity (Wildman–Crippen MR) is 130 cm³/mol. The molecule has 2 aliphatic heterocycles. The SMILES string of the molecule is C=Cc1nc(N(C)C2CC3CCCC(C2)N3)sc1/N=C(\C)c1cc(F)c2nc(C)cn2c1. The van der Waals surface area contributed by atoms with Crippen molar-refractivity contribution in [2.75, 3.05) is 11.9 Å². The molecule has 3 aromatic rings. The van der Waals surface area contributed by atoms with E-state index in [2.05, 4.69) is 28.8 Å². The van der Waals surface area contributed by atoms with Crippen molar-refractivity contribution in [3.05, 3.63) is 47.8 Å². The Balaban J connectivity index is 1.43. The summed E-state index contributed by atoms with van der Waals surface area (Å²) in [6.45, 7) is 7.69. The molecule has 2 bridgehead atoms. The van der Waals surface area contributed by atoms with Gasteiger partial charge in [-0.2, -0.15) is 0 Å². The van der Waals surface area contributed by atoms with Crippen LogP contribution in [0.5, 0.6) is 0 Å². The van der Waals surface area contributed by atoms with Crippen LogP contribution in [0.1, 0.15) is 56.0 Å². The fraction of sp³-hybridized carbons (Fsp3) is 0.458. The third-order valence-electron chi connectivity index (χ3n) is 6.67. The first-order valence-corrected chi connectivity index (χ1v) is 12.1. The van der Waals surface area contributed by atoms with Gasteiger partial charge in [-0.1, -0.05) is 24.3 Å². The van der Waals surface area contributed by atoms with Gasteiger partial charge < -0.3 is 14.6 Å². The van der Waals surface area contributed by atoms with Gasteiger partial charge in [0.1, 0.15) is 10.7 Å². The van der Waals surface area contributed by atoms with Crippen LogP contribution in [0.3, 0.4) is 0 Å². The molecular weight excluding hydrogens is 423 g/mol. The van der Waals surface area contributed by atoms with Crippen LogP contribution in [0.25, 0.3) is 11.7 Å². The third kappa shape index (κ3) is 3.97. The van der Waals surface area contributed by atoms with Crippen molar-refractivity contribution >= 4 is 38.9 Å². The summed E-state index contributed by atoms with van der Waals surface area (Å²) in [6.07, 6.45) is 11.6. The van der Waals surface area contributed by atoms with Crippen LogP contribution in [0.2, 0.25) is 0 Å². The number of aryl methyl sites for hydroxylation is 1. The lowest BCUT2D eigenvalue weighted by Crippen LogP contribution is -2.54. The average Bonchev–Trinajstić information content (AvgIpc) is 3.35. The zero-order valence-corrected chi connectivity index (χ0v) is 19.6. The molecule has 5 rings (SSSR count). The van der Waals surface area contributed by atoms with Crippen molar-refractivity contribution in [3.8, 4) is 0 Å². The van der Waals surface area contributed by atoms with Gasteiger partial charge in [-0.3, -0.25) is 0 Å². The molecule has 6 nitrogen and oxygen atoms in total. The van der Waals surface area contributed by atoms with Crippen LogP contribution >= 0.6 is 11.3 Å².